The molecule has 0 saturated carbocycles. The highest BCUT2D eigenvalue weighted by molar-refractivity contribution is 5.71. The summed E-state index contributed by atoms with van der Waals surface area (Å²) in [5, 5.41) is 0. The molecule has 0 fully saturated rings. The van der Waals surface area contributed by atoms with E-state index in [1.54, 1.807) is 0 Å². The summed E-state index contributed by atoms with van der Waals surface area (Å²) in [5.74, 6) is -0.869. The Morgan fingerprint density at radius 3 is 0.911 bits per heavy atom. The molecule has 0 heterocycles. The summed E-state index contributed by atoms with van der Waals surface area (Å²) in [6, 6.07) is 0. The van der Waals surface area contributed by atoms with Crippen molar-refractivity contribution < 1.29 is 28.6 Å². The number of rotatable bonds is 45. The van der Waals surface area contributed by atoms with Crippen LogP contribution in [0.5, 0.6) is 0 Å². The zero-order valence-corrected chi connectivity index (χ0v) is 37.7. The summed E-state index contributed by atoms with van der Waals surface area (Å²) in [6.07, 6.45) is 49.1. The van der Waals surface area contributed by atoms with E-state index in [1.165, 1.54) is 167 Å². The number of hydrogen-bond donors (Lipinski definition) is 0. The molecule has 0 aromatic heterocycles. The fourth-order valence-electron chi connectivity index (χ4n) is 7.26. The number of ether oxygens (including phenoxy) is 3. The van der Waals surface area contributed by atoms with Crippen LogP contribution >= 0.6 is 0 Å². The van der Waals surface area contributed by atoms with Gasteiger partial charge in [-0.05, 0) is 44.9 Å². The highest BCUT2D eigenvalue weighted by Gasteiger charge is 2.19. The van der Waals surface area contributed by atoms with E-state index in [9.17, 15) is 14.4 Å². The van der Waals surface area contributed by atoms with Gasteiger partial charge in [-0.1, -0.05) is 219 Å². The van der Waals surface area contributed by atoms with Crippen molar-refractivity contribution >= 4 is 17.9 Å². The molecule has 0 saturated heterocycles. The molecule has 56 heavy (non-hydrogen) atoms. The molecule has 0 aliphatic carbocycles. The first kappa shape index (κ1) is 54.2. The monoisotopic (exact) mass is 791 g/mol. The Labute approximate surface area is 348 Å². The maximum atomic E-state index is 12.7. The molecular formula is C50H94O6. The van der Waals surface area contributed by atoms with Gasteiger partial charge in [-0.3, -0.25) is 14.4 Å². The Morgan fingerprint density at radius 2 is 0.589 bits per heavy atom. The average molecular weight is 791 g/mol. The fourth-order valence-corrected chi connectivity index (χ4v) is 7.26. The molecular weight excluding hydrogens is 697 g/mol. The van der Waals surface area contributed by atoms with Crippen LogP contribution in [0, 0.1) is 0 Å². The van der Waals surface area contributed by atoms with Crippen molar-refractivity contribution in [3.05, 3.63) is 12.2 Å². The maximum Gasteiger partial charge on any atom is 0.306 e. The second kappa shape index (κ2) is 45.8. The van der Waals surface area contributed by atoms with Gasteiger partial charge >= 0.3 is 17.9 Å². The van der Waals surface area contributed by atoms with Crippen molar-refractivity contribution in [2.45, 2.75) is 277 Å². The van der Waals surface area contributed by atoms with Gasteiger partial charge in [0.1, 0.15) is 13.2 Å². The van der Waals surface area contributed by atoms with Gasteiger partial charge in [-0.15, -0.1) is 0 Å². The maximum absolute atomic E-state index is 12.7. The van der Waals surface area contributed by atoms with Crippen molar-refractivity contribution in [2.24, 2.45) is 0 Å². The molecule has 0 rings (SSSR count). The Morgan fingerprint density at radius 1 is 0.339 bits per heavy atom. The van der Waals surface area contributed by atoms with E-state index in [2.05, 4.69) is 32.9 Å². The Hall–Kier alpha value is -1.85. The number of unbranched alkanes of at least 4 members (excludes halogenated alkanes) is 32. The molecule has 0 aliphatic rings. The van der Waals surface area contributed by atoms with Crippen LogP contribution in [0.15, 0.2) is 12.2 Å². The molecule has 0 spiro atoms. The lowest BCUT2D eigenvalue weighted by Gasteiger charge is -2.18. The van der Waals surface area contributed by atoms with Gasteiger partial charge in [0.05, 0.1) is 0 Å². The molecule has 0 N–H and O–H groups in total. The van der Waals surface area contributed by atoms with E-state index in [1.807, 2.05) is 0 Å². The average Bonchev–Trinajstić information content (AvgIpc) is 3.19. The summed E-state index contributed by atoms with van der Waals surface area (Å²) in [5.41, 5.74) is 0. The van der Waals surface area contributed by atoms with E-state index in [0.717, 1.165) is 64.2 Å². The minimum Gasteiger partial charge on any atom is -0.462 e. The summed E-state index contributed by atoms with van der Waals surface area (Å²) < 4.78 is 16.7. The third-order valence-corrected chi connectivity index (χ3v) is 11.0. The van der Waals surface area contributed by atoms with Crippen LogP contribution in [0.4, 0.5) is 0 Å². The molecule has 1 unspecified atom stereocenters. The highest BCUT2D eigenvalue weighted by atomic mass is 16.6. The third-order valence-electron chi connectivity index (χ3n) is 11.0. The molecule has 6 heteroatoms. The van der Waals surface area contributed by atoms with E-state index < -0.39 is 6.10 Å². The fraction of sp³-hybridized carbons (Fsp3) is 0.900. The number of allylic oxidation sites excluding steroid dienone is 2. The second-order valence-corrected chi connectivity index (χ2v) is 16.7. The first-order chi connectivity index (χ1) is 27.5. The lowest BCUT2D eigenvalue weighted by Crippen LogP contribution is -2.30. The van der Waals surface area contributed by atoms with E-state index in [4.69, 9.17) is 14.2 Å². The predicted octanol–water partition coefficient (Wildman–Crippen LogP) is 15.8. The second-order valence-electron chi connectivity index (χ2n) is 16.7. The van der Waals surface area contributed by atoms with Crippen molar-refractivity contribution in [3.63, 3.8) is 0 Å². The van der Waals surface area contributed by atoms with Gasteiger partial charge in [0.15, 0.2) is 6.10 Å². The van der Waals surface area contributed by atoms with Crippen LogP contribution in [0.2, 0.25) is 0 Å². The minimum absolute atomic E-state index is 0.0688. The summed E-state index contributed by atoms with van der Waals surface area (Å²) in [4.78, 5) is 37.7. The Bertz CT molecular complexity index is 870. The zero-order valence-electron chi connectivity index (χ0n) is 37.7. The normalized spacial score (nSPS) is 12.0. The van der Waals surface area contributed by atoms with Gasteiger partial charge in [-0.25, -0.2) is 0 Å². The van der Waals surface area contributed by atoms with Crippen LogP contribution in [-0.2, 0) is 28.6 Å². The van der Waals surface area contributed by atoms with E-state index in [0.29, 0.717) is 19.3 Å². The quantitative estimate of drug-likeness (QED) is 0.0264. The van der Waals surface area contributed by atoms with Crippen LogP contribution in [0.1, 0.15) is 271 Å². The van der Waals surface area contributed by atoms with Gasteiger partial charge in [-0.2, -0.15) is 0 Å². The van der Waals surface area contributed by atoms with E-state index in [-0.39, 0.29) is 31.1 Å². The summed E-state index contributed by atoms with van der Waals surface area (Å²) >= 11 is 0. The topological polar surface area (TPSA) is 78.9 Å². The minimum atomic E-state index is -0.765. The lowest BCUT2D eigenvalue weighted by atomic mass is 10.0. The Balaban J connectivity index is 4.25. The largest absolute Gasteiger partial charge is 0.462 e. The van der Waals surface area contributed by atoms with Crippen LogP contribution in [0.25, 0.3) is 0 Å². The molecule has 0 bridgehead atoms. The third kappa shape index (κ3) is 43.3. The van der Waals surface area contributed by atoms with Crippen LogP contribution in [-0.4, -0.2) is 37.2 Å². The molecule has 330 valence electrons. The first-order valence-electron chi connectivity index (χ1n) is 24.7. The van der Waals surface area contributed by atoms with E-state index >= 15 is 0 Å². The highest BCUT2D eigenvalue weighted by Crippen LogP contribution is 2.16. The number of carbonyl (C=O) groups is 3. The SMILES string of the molecule is CCCCCC/C=C\CCCCCCCC(=O)OC(COC(=O)CCCCCCCCCC)COC(=O)CCCCCCCCCCCCCCCCCCC. The number of hydrogen-bond acceptors (Lipinski definition) is 6. The van der Waals surface area contributed by atoms with Crippen LogP contribution < -0.4 is 0 Å². The molecule has 0 amide bonds. The number of esters is 3. The smallest absolute Gasteiger partial charge is 0.306 e. The van der Waals surface area contributed by atoms with Crippen molar-refractivity contribution in [1.29, 1.82) is 0 Å². The van der Waals surface area contributed by atoms with Crippen molar-refractivity contribution in [2.75, 3.05) is 13.2 Å². The number of carbonyl (C=O) groups excluding carboxylic acids is 3. The molecule has 0 aromatic carbocycles. The van der Waals surface area contributed by atoms with Crippen molar-refractivity contribution in [3.8, 4) is 0 Å². The van der Waals surface area contributed by atoms with Gasteiger partial charge < -0.3 is 14.2 Å². The molecule has 1 atom stereocenters. The van der Waals surface area contributed by atoms with Crippen LogP contribution in [0.3, 0.4) is 0 Å². The van der Waals surface area contributed by atoms with Gasteiger partial charge in [0, 0.05) is 19.3 Å². The lowest BCUT2D eigenvalue weighted by molar-refractivity contribution is -0.167. The standard InChI is InChI=1S/C50H94O6/c1-4-7-10-13-16-19-21-23-24-25-26-28-29-31-34-37-40-43-49(52)55-46-47(45-54-48(51)42-39-36-33-18-15-12-9-6-3)56-50(53)44-41-38-35-32-30-27-22-20-17-14-11-8-5-2/h20,22,47H,4-19,21,23-46H2,1-3H3/b22-20-. The zero-order chi connectivity index (χ0) is 40.8. The van der Waals surface area contributed by atoms with Crippen molar-refractivity contribution in [1.82, 2.24) is 0 Å². The van der Waals surface area contributed by atoms with Gasteiger partial charge in [0.25, 0.3) is 0 Å². The van der Waals surface area contributed by atoms with Gasteiger partial charge in [0.2, 0.25) is 0 Å². The molecule has 0 aliphatic heterocycles. The summed E-state index contributed by atoms with van der Waals surface area (Å²) in [7, 11) is 0. The first-order valence-corrected chi connectivity index (χ1v) is 24.7. The summed E-state index contributed by atoms with van der Waals surface area (Å²) in [6.45, 7) is 6.61. The molecule has 0 radical (unpaired) electrons. The molecule has 0 aromatic rings. The molecule has 6 nitrogen and oxygen atoms in total. The predicted molar refractivity (Wildman–Crippen MR) is 238 cm³/mol. The Kier molecular flexibility index (Phi) is 44.3.